The Balaban J connectivity index is 1.56. The summed E-state index contributed by atoms with van der Waals surface area (Å²) in [5, 5.41) is 2.38. The summed E-state index contributed by atoms with van der Waals surface area (Å²) in [6.07, 6.45) is 1.09. The normalized spacial score (nSPS) is 22.8. The number of carbonyl (C=O) groups is 2. The molecule has 2 aliphatic heterocycles. The van der Waals surface area contributed by atoms with Gasteiger partial charge in [-0.3, -0.25) is 4.79 Å². The fourth-order valence-electron chi connectivity index (χ4n) is 4.03. The molecular formula is C22H34N4O5S. The zero-order valence-electron chi connectivity index (χ0n) is 19.2. The number of urea groups is 1. The molecule has 1 aromatic carbocycles. The average Bonchev–Trinajstić information content (AvgIpc) is 2.72. The van der Waals surface area contributed by atoms with Gasteiger partial charge in [0.15, 0.2) is 0 Å². The standard InChI is InChI=1S/C22H34N4O5S/c1-15(2)32(29,30)24-19-8-10-25(11-9-19)22(28)23-20-7-5-6-18(12-20)21(27)26-13-16(3)31-17(4)14-26/h5-7,12,15-17,19,24H,8-11,13-14H2,1-4H3,(H,23,28)/t16-,17+. The largest absolute Gasteiger partial charge is 0.372 e. The topological polar surface area (TPSA) is 108 Å². The summed E-state index contributed by atoms with van der Waals surface area (Å²) in [6.45, 7) is 9.17. The number of benzene rings is 1. The molecule has 2 fully saturated rings. The summed E-state index contributed by atoms with van der Waals surface area (Å²) in [4.78, 5) is 29.1. The lowest BCUT2D eigenvalue weighted by Crippen LogP contribution is -2.49. The zero-order chi connectivity index (χ0) is 23.5. The monoisotopic (exact) mass is 466 g/mol. The number of rotatable bonds is 5. The van der Waals surface area contributed by atoms with Crippen molar-refractivity contribution >= 4 is 27.6 Å². The Bertz CT molecular complexity index is 918. The van der Waals surface area contributed by atoms with Crippen LogP contribution in [0, 0.1) is 0 Å². The molecule has 0 bridgehead atoms. The van der Waals surface area contributed by atoms with Crippen LogP contribution in [-0.4, -0.2) is 79.8 Å². The van der Waals surface area contributed by atoms with Crippen molar-refractivity contribution in [2.75, 3.05) is 31.5 Å². The number of hydrogen-bond donors (Lipinski definition) is 2. The lowest BCUT2D eigenvalue weighted by molar-refractivity contribution is -0.0586. The number of sulfonamides is 1. The maximum Gasteiger partial charge on any atom is 0.321 e. The summed E-state index contributed by atoms with van der Waals surface area (Å²) in [7, 11) is -3.33. The fraction of sp³-hybridized carbons (Fsp3) is 0.636. The molecule has 2 saturated heterocycles. The molecule has 0 spiro atoms. The smallest absolute Gasteiger partial charge is 0.321 e. The first-order valence-electron chi connectivity index (χ1n) is 11.2. The molecule has 1 aromatic rings. The van der Waals surface area contributed by atoms with Gasteiger partial charge in [0.2, 0.25) is 10.0 Å². The molecule has 0 aromatic heterocycles. The molecule has 10 heteroatoms. The molecule has 2 atom stereocenters. The van der Waals surface area contributed by atoms with E-state index >= 15 is 0 Å². The Morgan fingerprint density at radius 1 is 1.06 bits per heavy atom. The minimum absolute atomic E-state index is 0.0153. The highest BCUT2D eigenvalue weighted by Crippen LogP contribution is 2.19. The van der Waals surface area contributed by atoms with Crippen molar-refractivity contribution in [3.8, 4) is 0 Å². The lowest BCUT2D eigenvalue weighted by Gasteiger charge is -2.35. The maximum atomic E-state index is 12.9. The van der Waals surface area contributed by atoms with Crippen LogP contribution in [0.5, 0.6) is 0 Å². The minimum atomic E-state index is -3.33. The molecule has 0 unspecified atom stereocenters. The Labute approximate surface area is 190 Å². The number of ether oxygens (including phenoxy) is 1. The third-order valence-electron chi connectivity index (χ3n) is 5.80. The van der Waals surface area contributed by atoms with Crippen molar-refractivity contribution in [1.82, 2.24) is 14.5 Å². The third-order valence-corrected chi connectivity index (χ3v) is 7.70. The molecular weight excluding hydrogens is 432 g/mol. The lowest BCUT2D eigenvalue weighted by atomic mass is 10.1. The van der Waals surface area contributed by atoms with E-state index in [1.807, 2.05) is 13.8 Å². The minimum Gasteiger partial charge on any atom is -0.372 e. The van der Waals surface area contributed by atoms with Crippen LogP contribution >= 0.6 is 0 Å². The van der Waals surface area contributed by atoms with Crippen LogP contribution in [0.4, 0.5) is 10.5 Å². The highest BCUT2D eigenvalue weighted by atomic mass is 32.2. The quantitative estimate of drug-likeness (QED) is 0.692. The van der Waals surface area contributed by atoms with E-state index in [-0.39, 0.29) is 30.2 Å². The van der Waals surface area contributed by atoms with Gasteiger partial charge in [-0.2, -0.15) is 0 Å². The number of anilines is 1. The SMILES string of the molecule is CC(C)S(=O)(=O)NC1CCN(C(=O)Nc2cccc(C(=O)N3C[C@@H](C)O[C@@H](C)C3)c2)CC1. The van der Waals surface area contributed by atoms with Crippen LogP contribution in [0.1, 0.15) is 50.9 Å². The number of morpholine rings is 1. The Morgan fingerprint density at radius 3 is 2.28 bits per heavy atom. The second-order valence-electron chi connectivity index (χ2n) is 8.95. The second kappa shape index (κ2) is 10.2. The van der Waals surface area contributed by atoms with Gasteiger partial charge in [-0.05, 0) is 58.7 Å². The molecule has 2 aliphatic rings. The molecule has 2 heterocycles. The predicted octanol–water partition coefficient (Wildman–Crippen LogP) is 2.26. The third kappa shape index (κ3) is 6.20. The van der Waals surface area contributed by atoms with Gasteiger partial charge in [-0.25, -0.2) is 17.9 Å². The van der Waals surface area contributed by atoms with Gasteiger partial charge in [0.1, 0.15) is 0 Å². The van der Waals surface area contributed by atoms with E-state index in [1.54, 1.807) is 47.9 Å². The van der Waals surface area contributed by atoms with Crippen molar-refractivity contribution in [2.24, 2.45) is 0 Å². The van der Waals surface area contributed by atoms with Crippen LogP contribution in [0.2, 0.25) is 0 Å². The van der Waals surface area contributed by atoms with Crippen molar-refractivity contribution in [2.45, 2.75) is 64.0 Å². The first-order chi connectivity index (χ1) is 15.0. The fourth-order valence-corrected chi connectivity index (χ4v) is 5.00. The molecule has 3 rings (SSSR count). The second-order valence-corrected chi connectivity index (χ2v) is 11.2. The summed E-state index contributed by atoms with van der Waals surface area (Å²) in [5.41, 5.74) is 1.07. The van der Waals surface area contributed by atoms with E-state index in [1.165, 1.54) is 0 Å². The predicted molar refractivity (Wildman–Crippen MR) is 123 cm³/mol. The van der Waals surface area contributed by atoms with Gasteiger partial charge in [-0.1, -0.05) is 6.07 Å². The number of nitrogens with zero attached hydrogens (tertiary/aromatic N) is 2. The van der Waals surface area contributed by atoms with Crippen LogP contribution in [0.25, 0.3) is 0 Å². The van der Waals surface area contributed by atoms with Crippen LogP contribution in [0.3, 0.4) is 0 Å². The van der Waals surface area contributed by atoms with Crippen molar-refractivity contribution in [3.63, 3.8) is 0 Å². The first-order valence-corrected chi connectivity index (χ1v) is 12.7. The van der Waals surface area contributed by atoms with Crippen molar-refractivity contribution in [3.05, 3.63) is 29.8 Å². The van der Waals surface area contributed by atoms with E-state index < -0.39 is 15.3 Å². The molecule has 3 amide bonds. The summed E-state index contributed by atoms with van der Waals surface area (Å²) < 4.78 is 32.5. The van der Waals surface area contributed by atoms with E-state index in [2.05, 4.69) is 10.0 Å². The Kier molecular flexibility index (Phi) is 7.79. The summed E-state index contributed by atoms with van der Waals surface area (Å²) in [6, 6.07) is 6.52. The highest BCUT2D eigenvalue weighted by Gasteiger charge is 2.28. The molecule has 32 heavy (non-hydrogen) atoms. The van der Waals surface area contributed by atoms with Gasteiger partial charge < -0.3 is 19.9 Å². The van der Waals surface area contributed by atoms with Crippen LogP contribution < -0.4 is 10.0 Å². The average molecular weight is 467 g/mol. The molecule has 178 valence electrons. The maximum absolute atomic E-state index is 12.9. The van der Waals surface area contributed by atoms with Crippen molar-refractivity contribution in [1.29, 1.82) is 0 Å². The molecule has 9 nitrogen and oxygen atoms in total. The zero-order valence-corrected chi connectivity index (χ0v) is 20.0. The highest BCUT2D eigenvalue weighted by molar-refractivity contribution is 7.90. The van der Waals surface area contributed by atoms with Crippen LogP contribution in [-0.2, 0) is 14.8 Å². The van der Waals surface area contributed by atoms with Gasteiger partial charge in [-0.15, -0.1) is 0 Å². The van der Waals surface area contributed by atoms with E-state index in [0.29, 0.717) is 50.3 Å². The summed E-state index contributed by atoms with van der Waals surface area (Å²) in [5.74, 6) is -0.0821. The van der Waals surface area contributed by atoms with Gasteiger partial charge in [0.25, 0.3) is 5.91 Å². The number of piperidine rings is 1. The van der Waals surface area contributed by atoms with Gasteiger partial charge in [0.05, 0.1) is 17.5 Å². The van der Waals surface area contributed by atoms with Crippen molar-refractivity contribution < 1.29 is 22.7 Å². The number of carbonyl (C=O) groups excluding carboxylic acids is 2. The first kappa shape index (κ1) is 24.5. The summed E-state index contributed by atoms with van der Waals surface area (Å²) >= 11 is 0. The number of likely N-dealkylation sites (tertiary alicyclic amines) is 1. The van der Waals surface area contributed by atoms with Gasteiger partial charge >= 0.3 is 6.03 Å². The Hall–Kier alpha value is -2.17. The number of amides is 3. The number of nitrogens with one attached hydrogen (secondary N) is 2. The Morgan fingerprint density at radius 2 is 1.69 bits per heavy atom. The van der Waals surface area contributed by atoms with Crippen LogP contribution in [0.15, 0.2) is 24.3 Å². The molecule has 2 N–H and O–H groups in total. The molecule has 0 aliphatic carbocycles. The van der Waals surface area contributed by atoms with Gasteiger partial charge in [0, 0.05) is 43.5 Å². The van der Waals surface area contributed by atoms with E-state index in [0.717, 1.165) is 0 Å². The molecule has 0 saturated carbocycles. The van der Waals surface area contributed by atoms with E-state index in [4.69, 9.17) is 4.74 Å². The van der Waals surface area contributed by atoms with E-state index in [9.17, 15) is 18.0 Å². The molecule has 0 radical (unpaired) electrons. The number of hydrogen-bond acceptors (Lipinski definition) is 5.